The van der Waals surface area contributed by atoms with Gasteiger partial charge >= 0.3 is 0 Å². The van der Waals surface area contributed by atoms with Crippen LogP contribution in [0.5, 0.6) is 0 Å². The Bertz CT molecular complexity index is 830. The van der Waals surface area contributed by atoms with Crippen molar-refractivity contribution in [1.29, 1.82) is 0 Å². The minimum absolute atomic E-state index is 0.111. The van der Waals surface area contributed by atoms with E-state index in [1.165, 1.54) is 41.3 Å². The van der Waals surface area contributed by atoms with Crippen molar-refractivity contribution in [2.24, 2.45) is 0 Å². The maximum Gasteiger partial charge on any atom is 0.253 e. The molecule has 8 heteroatoms. The molecule has 0 aliphatic carbocycles. The summed E-state index contributed by atoms with van der Waals surface area (Å²) in [5.41, 5.74) is 0.884. The summed E-state index contributed by atoms with van der Waals surface area (Å²) in [4.78, 5) is 25.8. The first-order valence-corrected chi connectivity index (χ1v) is 8.60. The zero-order valence-electron chi connectivity index (χ0n) is 13.5. The number of nitrogens with zero attached hydrogens (tertiary/aromatic N) is 1. The van der Waals surface area contributed by atoms with Crippen LogP contribution in [0.4, 0.5) is 10.1 Å². The Kier molecular flexibility index (Phi) is 5.76. The molecule has 2 amide bonds. The second kappa shape index (κ2) is 8.03. The number of hydrogen-bond donors (Lipinski definition) is 1. The number of halogens is 3. The Morgan fingerprint density at radius 3 is 2.65 bits per heavy atom. The summed E-state index contributed by atoms with van der Waals surface area (Å²) in [6, 6.07) is 10.2. The molecule has 0 spiro atoms. The molecule has 26 heavy (non-hydrogen) atoms. The van der Waals surface area contributed by atoms with Crippen LogP contribution < -0.4 is 10.2 Å². The van der Waals surface area contributed by atoms with Gasteiger partial charge < -0.3 is 15.0 Å². The third-order valence-electron chi connectivity index (χ3n) is 3.93. The Labute approximate surface area is 159 Å². The van der Waals surface area contributed by atoms with Crippen LogP contribution in [0.15, 0.2) is 42.5 Å². The Balaban J connectivity index is 1.62. The summed E-state index contributed by atoms with van der Waals surface area (Å²) in [7, 11) is 0. The second-order valence-electron chi connectivity index (χ2n) is 5.75. The number of nitrogens with one attached hydrogen (secondary N) is 1. The molecule has 1 atom stereocenters. The predicted octanol–water partition coefficient (Wildman–Crippen LogP) is 3.29. The lowest BCUT2D eigenvalue weighted by Gasteiger charge is -2.32. The molecular weight excluding hydrogens is 382 g/mol. The van der Waals surface area contributed by atoms with Gasteiger partial charge in [0.05, 0.1) is 23.2 Å². The van der Waals surface area contributed by atoms with Gasteiger partial charge in [-0.2, -0.15) is 0 Å². The van der Waals surface area contributed by atoms with E-state index < -0.39 is 6.10 Å². The Morgan fingerprint density at radius 2 is 1.96 bits per heavy atom. The molecule has 1 heterocycles. The molecule has 0 aromatic heterocycles. The predicted molar refractivity (Wildman–Crippen MR) is 97.3 cm³/mol. The number of benzene rings is 2. The number of ether oxygens (including phenoxy) is 1. The molecule has 1 aliphatic heterocycles. The fraction of sp³-hybridized carbons (Fsp3) is 0.222. The average molecular weight is 397 g/mol. The van der Waals surface area contributed by atoms with E-state index in [4.69, 9.17) is 27.9 Å². The first-order chi connectivity index (χ1) is 12.4. The number of rotatable bonds is 4. The molecule has 0 bridgehead atoms. The van der Waals surface area contributed by atoms with Gasteiger partial charge in [0.2, 0.25) is 0 Å². The molecule has 2 aromatic rings. The summed E-state index contributed by atoms with van der Waals surface area (Å²) in [6.45, 7) is 0.335. The van der Waals surface area contributed by atoms with Crippen LogP contribution >= 0.6 is 23.2 Å². The van der Waals surface area contributed by atoms with Gasteiger partial charge in [0.15, 0.2) is 0 Å². The largest absolute Gasteiger partial charge is 0.365 e. The molecule has 1 N–H and O–H groups in total. The minimum atomic E-state index is -0.396. The summed E-state index contributed by atoms with van der Waals surface area (Å²) in [6.07, 6.45) is -0.396. The maximum absolute atomic E-state index is 13.1. The van der Waals surface area contributed by atoms with Gasteiger partial charge in [-0.1, -0.05) is 23.2 Å². The van der Waals surface area contributed by atoms with Crippen LogP contribution in [0.25, 0.3) is 0 Å². The van der Waals surface area contributed by atoms with E-state index in [1.807, 2.05) is 0 Å². The van der Waals surface area contributed by atoms with E-state index in [2.05, 4.69) is 5.32 Å². The highest BCUT2D eigenvalue weighted by Gasteiger charge is 2.28. The van der Waals surface area contributed by atoms with Gasteiger partial charge in [-0.05, 0) is 42.5 Å². The molecular formula is C18H15Cl2FN2O3. The molecule has 1 aliphatic rings. The molecule has 1 fully saturated rings. The number of amides is 2. The maximum atomic E-state index is 13.1. The van der Waals surface area contributed by atoms with E-state index in [9.17, 15) is 14.0 Å². The molecule has 1 saturated heterocycles. The van der Waals surface area contributed by atoms with Gasteiger partial charge in [-0.15, -0.1) is 0 Å². The van der Waals surface area contributed by atoms with Crippen molar-refractivity contribution in [3.05, 3.63) is 63.9 Å². The van der Waals surface area contributed by atoms with Crippen LogP contribution in [-0.4, -0.2) is 37.6 Å². The smallest absolute Gasteiger partial charge is 0.253 e. The molecule has 2 aromatic carbocycles. The van der Waals surface area contributed by atoms with Gasteiger partial charge in [0, 0.05) is 17.3 Å². The second-order valence-corrected chi connectivity index (χ2v) is 6.59. The van der Waals surface area contributed by atoms with Gasteiger partial charge in [-0.25, -0.2) is 4.39 Å². The van der Waals surface area contributed by atoms with Crippen molar-refractivity contribution in [2.45, 2.75) is 6.10 Å². The van der Waals surface area contributed by atoms with E-state index in [0.717, 1.165) is 0 Å². The van der Waals surface area contributed by atoms with Gasteiger partial charge in [0.25, 0.3) is 11.8 Å². The van der Waals surface area contributed by atoms with Crippen molar-refractivity contribution >= 4 is 40.7 Å². The van der Waals surface area contributed by atoms with Gasteiger partial charge in [0.1, 0.15) is 12.4 Å². The third kappa shape index (κ3) is 4.33. The molecule has 136 valence electrons. The lowest BCUT2D eigenvalue weighted by Crippen LogP contribution is -2.50. The molecule has 0 radical (unpaired) electrons. The number of carbonyl (C=O) groups excluding carboxylic acids is 2. The van der Waals surface area contributed by atoms with Crippen molar-refractivity contribution < 1.29 is 18.7 Å². The topological polar surface area (TPSA) is 58.6 Å². The quantitative estimate of drug-likeness (QED) is 0.862. The van der Waals surface area contributed by atoms with Crippen LogP contribution in [-0.2, 0) is 9.53 Å². The van der Waals surface area contributed by atoms with Crippen molar-refractivity contribution in [3.63, 3.8) is 0 Å². The van der Waals surface area contributed by atoms with E-state index in [1.54, 1.807) is 6.07 Å². The number of anilines is 1. The van der Waals surface area contributed by atoms with Crippen LogP contribution in [0.3, 0.4) is 0 Å². The lowest BCUT2D eigenvalue weighted by molar-refractivity contribution is -0.129. The molecule has 1 unspecified atom stereocenters. The van der Waals surface area contributed by atoms with E-state index in [-0.39, 0.29) is 42.4 Å². The van der Waals surface area contributed by atoms with E-state index in [0.29, 0.717) is 16.3 Å². The highest BCUT2D eigenvalue weighted by molar-refractivity contribution is 6.36. The standard InChI is InChI=1S/C18H15Cl2FN2O3/c19-11-1-6-15(16(20)7-11)18(25)22-8-14-9-23(17(24)10-26-14)13-4-2-12(21)3-5-13/h1-7,14H,8-10H2,(H,22,25). The van der Waals surface area contributed by atoms with Crippen molar-refractivity contribution in [2.75, 3.05) is 24.6 Å². The Hall–Kier alpha value is -2.15. The van der Waals surface area contributed by atoms with Crippen molar-refractivity contribution in [3.8, 4) is 0 Å². The van der Waals surface area contributed by atoms with E-state index >= 15 is 0 Å². The van der Waals surface area contributed by atoms with Crippen LogP contribution in [0, 0.1) is 5.82 Å². The summed E-state index contributed by atoms with van der Waals surface area (Å²) in [5.74, 6) is -0.960. The number of carbonyl (C=O) groups is 2. The van der Waals surface area contributed by atoms with Crippen molar-refractivity contribution in [1.82, 2.24) is 5.32 Å². The first-order valence-electron chi connectivity index (χ1n) is 7.85. The summed E-state index contributed by atoms with van der Waals surface area (Å²) >= 11 is 11.8. The number of hydrogen-bond acceptors (Lipinski definition) is 3. The Morgan fingerprint density at radius 1 is 1.23 bits per heavy atom. The summed E-state index contributed by atoms with van der Waals surface area (Å²) < 4.78 is 18.5. The zero-order valence-corrected chi connectivity index (χ0v) is 15.1. The molecule has 5 nitrogen and oxygen atoms in total. The lowest BCUT2D eigenvalue weighted by atomic mass is 10.2. The molecule has 0 saturated carbocycles. The number of morpholine rings is 1. The molecule has 3 rings (SSSR count). The monoisotopic (exact) mass is 396 g/mol. The SMILES string of the molecule is O=C(NCC1CN(c2ccc(F)cc2)C(=O)CO1)c1ccc(Cl)cc1Cl. The fourth-order valence-corrected chi connectivity index (χ4v) is 3.09. The fourth-order valence-electron chi connectivity index (χ4n) is 2.59. The third-order valence-corrected chi connectivity index (χ3v) is 4.48. The summed E-state index contributed by atoms with van der Waals surface area (Å²) in [5, 5.41) is 3.43. The van der Waals surface area contributed by atoms with Gasteiger partial charge in [-0.3, -0.25) is 9.59 Å². The highest BCUT2D eigenvalue weighted by Crippen LogP contribution is 2.21. The van der Waals surface area contributed by atoms with Crippen LogP contribution in [0.2, 0.25) is 10.0 Å². The minimum Gasteiger partial charge on any atom is -0.365 e. The highest BCUT2D eigenvalue weighted by atomic mass is 35.5. The zero-order chi connectivity index (χ0) is 18.7. The average Bonchev–Trinajstić information content (AvgIpc) is 2.61. The van der Waals surface area contributed by atoms with Crippen LogP contribution in [0.1, 0.15) is 10.4 Å². The normalized spacial score (nSPS) is 17.3. The first kappa shape index (κ1) is 18.6.